The lowest BCUT2D eigenvalue weighted by Gasteiger charge is -2.32. The van der Waals surface area contributed by atoms with Crippen molar-refractivity contribution in [2.24, 2.45) is 5.92 Å². The quantitative estimate of drug-likeness (QED) is 0.699. The van der Waals surface area contributed by atoms with Gasteiger partial charge in [0.15, 0.2) is 0 Å². The molecule has 0 aromatic heterocycles. The summed E-state index contributed by atoms with van der Waals surface area (Å²) < 4.78 is 0. The molecule has 1 rings (SSSR count). The molecule has 16 heavy (non-hydrogen) atoms. The minimum absolute atomic E-state index is 0.336. The largest absolute Gasteiger partial charge is 0.481 e. The lowest BCUT2D eigenvalue weighted by molar-refractivity contribution is -0.137. The number of carboxylic acids is 1. The van der Waals surface area contributed by atoms with Crippen LogP contribution in [0.5, 0.6) is 0 Å². The van der Waals surface area contributed by atoms with Gasteiger partial charge in [0.1, 0.15) is 0 Å². The summed E-state index contributed by atoms with van der Waals surface area (Å²) >= 11 is 1.99. The molecule has 1 aliphatic heterocycles. The molecule has 4 heteroatoms. The summed E-state index contributed by atoms with van der Waals surface area (Å²) in [5, 5.41) is 8.67. The monoisotopic (exact) mass is 245 g/mol. The maximum atomic E-state index is 10.5. The lowest BCUT2D eigenvalue weighted by atomic mass is 9.93. The van der Waals surface area contributed by atoms with Crippen molar-refractivity contribution in [1.29, 1.82) is 0 Å². The van der Waals surface area contributed by atoms with Crippen molar-refractivity contribution in [2.75, 3.05) is 31.1 Å². The van der Waals surface area contributed by atoms with Crippen molar-refractivity contribution in [1.82, 2.24) is 4.90 Å². The molecule has 3 nitrogen and oxygen atoms in total. The number of carbonyl (C=O) groups is 1. The Balaban J connectivity index is 2.16. The van der Waals surface area contributed by atoms with Crippen LogP contribution in [0.25, 0.3) is 0 Å². The molecule has 0 aliphatic carbocycles. The summed E-state index contributed by atoms with van der Waals surface area (Å²) in [4.78, 5) is 13.0. The fraction of sp³-hybridized carbons (Fsp3) is 0.917. The predicted octanol–water partition coefficient (Wildman–Crippen LogP) is 2.32. The molecule has 94 valence electrons. The van der Waals surface area contributed by atoms with Crippen molar-refractivity contribution in [3.05, 3.63) is 0 Å². The van der Waals surface area contributed by atoms with Crippen LogP contribution in [-0.4, -0.2) is 47.1 Å². The van der Waals surface area contributed by atoms with Gasteiger partial charge in [-0.2, -0.15) is 11.8 Å². The normalized spacial score (nSPS) is 22.2. The van der Waals surface area contributed by atoms with Crippen molar-refractivity contribution >= 4 is 17.7 Å². The summed E-state index contributed by atoms with van der Waals surface area (Å²) in [7, 11) is 0. The summed E-state index contributed by atoms with van der Waals surface area (Å²) in [5.41, 5.74) is 0. The van der Waals surface area contributed by atoms with Crippen LogP contribution in [0.1, 0.15) is 32.6 Å². The third kappa shape index (κ3) is 5.75. The first-order chi connectivity index (χ1) is 7.72. The molecule has 0 bridgehead atoms. The van der Waals surface area contributed by atoms with E-state index >= 15 is 0 Å². The Morgan fingerprint density at radius 2 is 2.38 bits per heavy atom. The van der Waals surface area contributed by atoms with Crippen LogP contribution in [0.4, 0.5) is 0 Å². The van der Waals surface area contributed by atoms with Gasteiger partial charge >= 0.3 is 5.97 Å². The van der Waals surface area contributed by atoms with Crippen LogP contribution in [0.15, 0.2) is 0 Å². The Labute approximate surface area is 103 Å². The first kappa shape index (κ1) is 13.8. The molecule has 0 radical (unpaired) electrons. The first-order valence-electron chi connectivity index (χ1n) is 6.24. The van der Waals surface area contributed by atoms with Crippen molar-refractivity contribution in [3.8, 4) is 0 Å². The molecule has 0 saturated carbocycles. The molecule has 0 spiro atoms. The van der Waals surface area contributed by atoms with Gasteiger partial charge in [-0.1, -0.05) is 6.92 Å². The van der Waals surface area contributed by atoms with E-state index in [4.69, 9.17) is 5.11 Å². The number of nitrogens with zero attached hydrogens (tertiary/aromatic N) is 1. The number of hydrogen-bond donors (Lipinski definition) is 1. The van der Waals surface area contributed by atoms with Gasteiger partial charge in [-0.3, -0.25) is 4.79 Å². The summed E-state index contributed by atoms with van der Waals surface area (Å²) in [6.07, 6.45) is 3.64. The van der Waals surface area contributed by atoms with Gasteiger partial charge in [-0.05, 0) is 37.5 Å². The van der Waals surface area contributed by atoms with Crippen LogP contribution >= 0.6 is 11.8 Å². The standard InChI is InChI=1S/C12H23NO2S/c1-2-16-9-8-13-7-3-4-11(10-13)5-6-12(14)15/h11H,2-10H2,1H3,(H,14,15). The number of piperidine rings is 1. The number of thioether (sulfide) groups is 1. The van der Waals surface area contributed by atoms with E-state index in [1.807, 2.05) is 11.8 Å². The Bertz CT molecular complexity index is 211. The summed E-state index contributed by atoms with van der Waals surface area (Å²) in [6.45, 7) is 5.67. The highest BCUT2D eigenvalue weighted by molar-refractivity contribution is 7.99. The van der Waals surface area contributed by atoms with Crippen LogP contribution in [0.3, 0.4) is 0 Å². The van der Waals surface area contributed by atoms with E-state index in [9.17, 15) is 4.79 Å². The molecule has 1 atom stereocenters. The second-order valence-electron chi connectivity index (χ2n) is 4.44. The number of likely N-dealkylation sites (tertiary alicyclic amines) is 1. The van der Waals surface area contributed by atoms with Gasteiger partial charge in [0.05, 0.1) is 0 Å². The summed E-state index contributed by atoms with van der Waals surface area (Å²) in [5.74, 6) is 2.36. The van der Waals surface area contributed by atoms with Gasteiger partial charge in [0, 0.05) is 25.3 Å². The zero-order valence-corrected chi connectivity index (χ0v) is 11.0. The van der Waals surface area contributed by atoms with Crippen molar-refractivity contribution in [3.63, 3.8) is 0 Å². The van der Waals surface area contributed by atoms with E-state index in [0.29, 0.717) is 12.3 Å². The highest BCUT2D eigenvalue weighted by Crippen LogP contribution is 2.21. The van der Waals surface area contributed by atoms with Gasteiger partial charge < -0.3 is 10.0 Å². The van der Waals surface area contributed by atoms with Crippen molar-refractivity contribution < 1.29 is 9.90 Å². The second kappa shape index (κ2) is 7.96. The average Bonchev–Trinajstić information content (AvgIpc) is 2.27. The van der Waals surface area contributed by atoms with Gasteiger partial charge in [0.25, 0.3) is 0 Å². The molecule has 1 saturated heterocycles. The van der Waals surface area contributed by atoms with Gasteiger partial charge in [-0.25, -0.2) is 0 Å². The van der Waals surface area contributed by atoms with E-state index < -0.39 is 5.97 Å². The van der Waals surface area contributed by atoms with Crippen LogP contribution in [0.2, 0.25) is 0 Å². The number of aliphatic carboxylic acids is 1. The fourth-order valence-corrected chi connectivity index (χ4v) is 2.93. The zero-order valence-electron chi connectivity index (χ0n) is 10.2. The molecule has 1 aliphatic rings. The van der Waals surface area contributed by atoms with Crippen LogP contribution in [0, 0.1) is 5.92 Å². The van der Waals surface area contributed by atoms with Crippen molar-refractivity contribution in [2.45, 2.75) is 32.6 Å². The predicted molar refractivity (Wildman–Crippen MR) is 69.0 cm³/mol. The highest BCUT2D eigenvalue weighted by Gasteiger charge is 2.19. The molecular weight excluding hydrogens is 222 g/mol. The Morgan fingerprint density at radius 1 is 1.56 bits per heavy atom. The average molecular weight is 245 g/mol. The smallest absolute Gasteiger partial charge is 0.303 e. The van der Waals surface area contributed by atoms with E-state index in [0.717, 1.165) is 13.0 Å². The summed E-state index contributed by atoms with van der Waals surface area (Å²) in [6, 6.07) is 0. The zero-order chi connectivity index (χ0) is 11.8. The molecule has 1 N–H and O–H groups in total. The van der Waals surface area contributed by atoms with Gasteiger partial charge in [-0.15, -0.1) is 0 Å². The van der Waals surface area contributed by atoms with E-state index in [-0.39, 0.29) is 0 Å². The number of rotatable bonds is 7. The molecule has 1 unspecified atom stereocenters. The highest BCUT2D eigenvalue weighted by atomic mass is 32.2. The van der Waals surface area contributed by atoms with Crippen LogP contribution < -0.4 is 0 Å². The molecular formula is C12H23NO2S. The maximum absolute atomic E-state index is 10.5. The molecule has 1 heterocycles. The molecule has 0 aromatic carbocycles. The SMILES string of the molecule is CCSCCN1CCCC(CCC(=O)O)C1. The third-order valence-electron chi connectivity index (χ3n) is 3.13. The van der Waals surface area contributed by atoms with Gasteiger partial charge in [0.2, 0.25) is 0 Å². The molecule has 0 aromatic rings. The van der Waals surface area contributed by atoms with E-state index in [1.165, 1.54) is 37.4 Å². The molecule has 1 fully saturated rings. The Hall–Kier alpha value is -0.220. The first-order valence-corrected chi connectivity index (χ1v) is 7.39. The third-order valence-corrected chi connectivity index (χ3v) is 4.01. The van der Waals surface area contributed by atoms with Crippen LogP contribution in [-0.2, 0) is 4.79 Å². The topological polar surface area (TPSA) is 40.5 Å². The second-order valence-corrected chi connectivity index (χ2v) is 5.83. The minimum atomic E-state index is -0.654. The number of carboxylic acid groups (broad SMARTS) is 1. The fourth-order valence-electron chi connectivity index (χ4n) is 2.26. The maximum Gasteiger partial charge on any atom is 0.303 e. The minimum Gasteiger partial charge on any atom is -0.481 e. The Morgan fingerprint density at radius 3 is 3.06 bits per heavy atom. The van der Waals surface area contributed by atoms with E-state index in [1.54, 1.807) is 0 Å². The lowest BCUT2D eigenvalue weighted by Crippen LogP contribution is -2.37. The molecule has 0 amide bonds. The Kier molecular flexibility index (Phi) is 6.88. The van der Waals surface area contributed by atoms with E-state index in [2.05, 4.69) is 11.8 Å². The number of hydrogen-bond acceptors (Lipinski definition) is 3.